The first-order valence-corrected chi connectivity index (χ1v) is 4.98. The van der Waals surface area contributed by atoms with Gasteiger partial charge in [0.2, 0.25) is 0 Å². The highest BCUT2D eigenvalue weighted by Crippen LogP contribution is 2.32. The second kappa shape index (κ2) is 6.98. The monoisotopic (exact) mass is 261 g/mol. The van der Waals surface area contributed by atoms with E-state index in [0.29, 0.717) is 5.56 Å². The normalized spacial score (nSPS) is 11.4. The topological polar surface area (TPSA) is 92.8 Å². The van der Waals surface area contributed by atoms with Gasteiger partial charge >= 0.3 is 5.97 Å². The minimum absolute atomic E-state index is 0. The zero-order valence-electron chi connectivity index (χ0n) is 9.42. The van der Waals surface area contributed by atoms with E-state index in [2.05, 4.69) is 0 Å². The summed E-state index contributed by atoms with van der Waals surface area (Å²) in [4.78, 5) is 11.2. The van der Waals surface area contributed by atoms with Crippen LogP contribution in [0.1, 0.15) is 24.9 Å². The molecule has 0 aromatic heterocycles. The van der Waals surface area contributed by atoms with E-state index in [1.165, 1.54) is 6.07 Å². The van der Waals surface area contributed by atoms with Crippen LogP contribution in [0.15, 0.2) is 18.2 Å². The Morgan fingerprint density at radius 2 is 2.12 bits per heavy atom. The van der Waals surface area contributed by atoms with E-state index in [9.17, 15) is 15.0 Å². The van der Waals surface area contributed by atoms with Gasteiger partial charge in [-0.1, -0.05) is 12.1 Å². The predicted molar refractivity (Wildman–Crippen MR) is 65.2 cm³/mol. The van der Waals surface area contributed by atoms with Gasteiger partial charge in [0.15, 0.2) is 11.5 Å². The molecule has 1 aromatic rings. The number of carbonyl (C=O) groups excluding carboxylic acids is 1. The van der Waals surface area contributed by atoms with E-state index < -0.39 is 12.0 Å². The molecule has 5 nitrogen and oxygen atoms in total. The summed E-state index contributed by atoms with van der Waals surface area (Å²) in [7, 11) is 0. The van der Waals surface area contributed by atoms with Crippen molar-refractivity contribution in [1.82, 2.24) is 0 Å². The quantitative estimate of drug-likeness (QED) is 0.564. The fourth-order valence-electron chi connectivity index (χ4n) is 1.36. The zero-order chi connectivity index (χ0) is 12.1. The molecule has 0 amide bonds. The van der Waals surface area contributed by atoms with Gasteiger partial charge in [-0.25, -0.2) is 0 Å². The molecule has 0 aliphatic carbocycles. The number of aromatic hydroxyl groups is 2. The highest BCUT2D eigenvalue weighted by Gasteiger charge is 2.17. The molecular formula is C11H16ClNO4. The second-order valence-corrected chi connectivity index (χ2v) is 3.33. The highest BCUT2D eigenvalue weighted by molar-refractivity contribution is 5.85. The smallest absolute Gasteiger partial charge is 0.307 e. The van der Waals surface area contributed by atoms with Crippen molar-refractivity contribution in [1.29, 1.82) is 0 Å². The maximum atomic E-state index is 11.2. The van der Waals surface area contributed by atoms with E-state index >= 15 is 0 Å². The molecular weight excluding hydrogens is 246 g/mol. The van der Waals surface area contributed by atoms with Crippen molar-refractivity contribution in [2.24, 2.45) is 5.73 Å². The summed E-state index contributed by atoms with van der Waals surface area (Å²) in [6, 6.07) is 3.76. The Kier molecular flexibility index (Phi) is 6.38. The first-order chi connectivity index (χ1) is 7.56. The van der Waals surface area contributed by atoms with Crippen LogP contribution in [0, 0.1) is 0 Å². The predicted octanol–water partition coefficient (Wildman–Crippen LogP) is 1.47. The number of hydrogen-bond acceptors (Lipinski definition) is 5. The lowest BCUT2D eigenvalue weighted by Gasteiger charge is -2.13. The average Bonchev–Trinajstić information content (AvgIpc) is 2.22. The zero-order valence-corrected chi connectivity index (χ0v) is 10.2. The maximum Gasteiger partial charge on any atom is 0.307 e. The lowest BCUT2D eigenvalue weighted by atomic mass is 10.0. The number of phenols is 2. The van der Waals surface area contributed by atoms with Gasteiger partial charge in [-0.15, -0.1) is 12.4 Å². The van der Waals surface area contributed by atoms with Gasteiger partial charge in [0.1, 0.15) is 0 Å². The molecule has 1 aromatic carbocycles. The molecule has 0 aliphatic heterocycles. The van der Waals surface area contributed by atoms with Gasteiger partial charge in [0.05, 0.1) is 13.0 Å². The molecule has 6 heteroatoms. The van der Waals surface area contributed by atoms with Crippen molar-refractivity contribution in [2.75, 3.05) is 6.61 Å². The number of halogens is 1. The lowest BCUT2D eigenvalue weighted by molar-refractivity contribution is -0.143. The van der Waals surface area contributed by atoms with E-state index in [-0.39, 0.29) is 36.9 Å². The molecule has 0 aliphatic rings. The number of ether oxygens (including phenoxy) is 1. The summed E-state index contributed by atoms with van der Waals surface area (Å²) in [6.45, 7) is 1.99. The molecule has 0 fully saturated rings. The Morgan fingerprint density at radius 1 is 1.47 bits per heavy atom. The van der Waals surface area contributed by atoms with Crippen LogP contribution in [0.2, 0.25) is 0 Å². The number of carbonyl (C=O) groups is 1. The molecule has 0 saturated heterocycles. The summed E-state index contributed by atoms with van der Waals surface area (Å²) in [6.07, 6.45) is -0.0369. The molecule has 4 N–H and O–H groups in total. The summed E-state index contributed by atoms with van der Waals surface area (Å²) < 4.78 is 4.74. The first kappa shape index (κ1) is 15.5. The van der Waals surface area contributed by atoms with Crippen LogP contribution in [0.4, 0.5) is 0 Å². The minimum atomic E-state index is -0.689. The molecule has 0 unspecified atom stereocenters. The number of hydrogen-bond donors (Lipinski definition) is 3. The maximum absolute atomic E-state index is 11.2. The van der Waals surface area contributed by atoms with Crippen LogP contribution < -0.4 is 5.73 Å². The summed E-state index contributed by atoms with van der Waals surface area (Å²) in [5.74, 6) is -0.978. The van der Waals surface area contributed by atoms with E-state index in [1.807, 2.05) is 0 Å². The molecule has 1 atom stereocenters. The summed E-state index contributed by atoms with van der Waals surface area (Å²) >= 11 is 0. The van der Waals surface area contributed by atoms with Gasteiger partial charge in [-0.2, -0.15) is 0 Å². The molecule has 0 saturated carbocycles. The molecule has 0 bridgehead atoms. The van der Waals surface area contributed by atoms with Crippen LogP contribution in [-0.2, 0) is 9.53 Å². The first-order valence-electron chi connectivity index (χ1n) is 4.98. The number of benzene rings is 1. The van der Waals surface area contributed by atoms with Crippen molar-refractivity contribution < 1.29 is 19.7 Å². The fourth-order valence-corrected chi connectivity index (χ4v) is 1.36. The van der Waals surface area contributed by atoms with Crippen molar-refractivity contribution in [3.63, 3.8) is 0 Å². The molecule has 1 rings (SSSR count). The molecule has 17 heavy (non-hydrogen) atoms. The Labute approximate surface area is 106 Å². The van der Waals surface area contributed by atoms with Gasteiger partial charge in [0.25, 0.3) is 0 Å². The third-order valence-electron chi connectivity index (χ3n) is 2.14. The van der Waals surface area contributed by atoms with E-state index in [1.54, 1.807) is 19.1 Å². The van der Waals surface area contributed by atoms with Gasteiger partial charge in [-0.05, 0) is 13.0 Å². The molecule has 0 spiro atoms. The van der Waals surface area contributed by atoms with Crippen LogP contribution in [-0.4, -0.2) is 22.8 Å². The van der Waals surface area contributed by atoms with Crippen LogP contribution >= 0.6 is 12.4 Å². The van der Waals surface area contributed by atoms with Crippen molar-refractivity contribution in [3.8, 4) is 11.5 Å². The Hall–Kier alpha value is -1.46. The van der Waals surface area contributed by atoms with Crippen molar-refractivity contribution in [3.05, 3.63) is 23.8 Å². The number of para-hydroxylation sites is 1. The lowest BCUT2D eigenvalue weighted by Crippen LogP contribution is -2.17. The fraction of sp³-hybridized carbons (Fsp3) is 0.364. The standard InChI is InChI=1S/C11H15NO4.ClH/c1-2-16-10(14)6-8(12)7-4-3-5-9(13)11(7)15;/h3-5,8,13,15H,2,6,12H2,1H3;1H/t8-;/m0./s1. The Balaban J connectivity index is 0.00000256. The average molecular weight is 262 g/mol. The van der Waals surface area contributed by atoms with Gasteiger partial charge in [0, 0.05) is 11.6 Å². The van der Waals surface area contributed by atoms with Crippen LogP contribution in [0.3, 0.4) is 0 Å². The second-order valence-electron chi connectivity index (χ2n) is 3.33. The number of nitrogens with two attached hydrogens (primary N) is 1. The SMILES string of the molecule is CCOC(=O)C[C@H](N)c1cccc(O)c1O.Cl. The number of phenolic OH excluding ortho intramolecular Hbond substituents is 2. The molecule has 0 radical (unpaired) electrons. The van der Waals surface area contributed by atoms with Crippen molar-refractivity contribution >= 4 is 18.4 Å². The van der Waals surface area contributed by atoms with Crippen LogP contribution in [0.25, 0.3) is 0 Å². The van der Waals surface area contributed by atoms with E-state index in [4.69, 9.17) is 10.5 Å². The minimum Gasteiger partial charge on any atom is -0.504 e. The number of rotatable bonds is 4. The highest BCUT2D eigenvalue weighted by atomic mass is 35.5. The van der Waals surface area contributed by atoms with Gasteiger partial charge in [-0.3, -0.25) is 4.79 Å². The van der Waals surface area contributed by atoms with E-state index in [0.717, 1.165) is 0 Å². The van der Waals surface area contributed by atoms with Gasteiger partial charge < -0.3 is 20.7 Å². The number of esters is 1. The summed E-state index contributed by atoms with van der Waals surface area (Å²) in [5, 5.41) is 18.8. The summed E-state index contributed by atoms with van der Waals surface area (Å²) in [5.41, 5.74) is 6.05. The van der Waals surface area contributed by atoms with Crippen LogP contribution in [0.5, 0.6) is 11.5 Å². The third-order valence-corrected chi connectivity index (χ3v) is 2.14. The molecule has 96 valence electrons. The Bertz CT molecular complexity index is 384. The Morgan fingerprint density at radius 3 is 2.71 bits per heavy atom. The van der Waals surface area contributed by atoms with Crippen molar-refractivity contribution in [2.45, 2.75) is 19.4 Å². The largest absolute Gasteiger partial charge is 0.504 e. The molecule has 0 heterocycles. The third kappa shape index (κ3) is 4.13.